The van der Waals surface area contributed by atoms with Crippen molar-refractivity contribution in [2.45, 2.75) is 169 Å². The Kier molecular flexibility index (Phi) is 25.3. The van der Waals surface area contributed by atoms with Crippen molar-refractivity contribution >= 4 is 16.1 Å². The summed E-state index contributed by atoms with van der Waals surface area (Å²) in [5, 5.41) is 21.8. The topological polar surface area (TPSA) is 103 Å². The van der Waals surface area contributed by atoms with E-state index < -0.39 is 16.1 Å². The van der Waals surface area contributed by atoms with Gasteiger partial charge in [0.25, 0.3) is 0 Å². The van der Waals surface area contributed by atoms with Crippen molar-refractivity contribution in [3.8, 4) is 0 Å². The number of aliphatic hydroxyl groups excluding tert-OH is 2. The van der Waals surface area contributed by atoms with Crippen molar-refractivity contribution in [1.82, 2.24) is 0 Å². The van der Waals surface area contributed by atoms with Crippen LogP contribution in [-0.2, 0) is 43.4 Å². The summed E-state index contributed by atoms with van der Waals surface area (Å²) in [6, 6.07) is 0. The van der Waals surface area contributed by atoms with Crippen LogP contribution in [0.5, 0.6) is 0 Å². The molecular weight excluding hydrogens is 696 g/mol. The van der Waals surface area contributed by atoms with Crippen LogP contribution in [0, 0.1) is 85.9 Å². The molecule has 0 aromatic heterocycles. The summed E-state index contributed by atoms with van der Waals surface area (Å²) >= 11 is 0. The van der Waals surface area contributed by atoms with E-state index in [4.69, 9.17) is 0 Å². The first-order valence-electron chi connectivity index (χ1n) is 18.5. The zero-order valence-corrected chi connectivity index (χ0v) is 40.2. The summed E-state index contributed by atoms with van der Waals surface area (Å²) in [5.74, 6) is 9.25. The molecular formula is C40H86O4Si2Ti2-2. The van der Waals surface area contributed by atoms with Gasteiger partial charge in [0.1, 0.15) is 0 Å². The summed E-state index contributed by atoms with van der Waals surface area (Å²) < 4.78 is 0. The molecule has 16 atom stereocenters. The van der Waals surface area contributed by atoms with Crippen molar-refractivity contribution in [3.05, 3.63) is 14.9 Å². The zero-order valence-electron chi connectivity index (χ0n) is 35.1. The molecule has 0 bridgehead atoms. The van der Waals surface area contributed by atoms with Gasteiger partial charge in [-0.15, -0.1) is 0 Å². The smallest absolute Gasteiger partial charge is 0.0570 e. The monoisotopic (exact) mass is 783 g/mol. The minimum Gasteiger partial charge on any atom is -0.412 e. The molecule has 0 aliphatic heterocycles. The van der Waals surface area contributed by atoms with E-state index in [0.29, 0.717) is 22.9 Å². The molecule has 0 saturated heterocycles. The van der Waals surface area contributed by atoms with E-state index in [1.807, 2.05) is 0 Å². The Balaban J connectivity index is -0.000000359. The summed E-state index contributed by atoms with van der Waals surface area (Å²) in [7, 11) is -2.95. The van der Waals surface area contributed by atoms with E-state index in [2.05, 4.69) is 109 Å². The van der Waals surface area contributed by atoms with Crippen molar-refractivity contribution in [3.63, 3.8) is 0 Å². The van der Waals surface area contributed by atoms with Crippen LogP contribution in [0.1, 0.15) is 109 Å². The van der Waals surface area contributed by atoms with Crippen LogP contribution in [-0.4, -0.2) is 49.5 Å². The second-order valence-corrected chi connectivity index (χ2v) is 29.0. The Labute approximate surface area is 333 Å². The van der Waals surface area contributed by atoms with Gasteiger partial charge in [-0.2, -0.15) is 0 Å². The van der Waals surface area contributed by atoms with Crippen LogP contribution in [0.15, 0.2) is 0 Å². The van der Waals surface area contributed by atoms with Crippen molar-refractivity contribution in [1.29, 1.82) is 0 Å². The van der Waals surface area contributed by atoms with Gasteiger partial charge in [-0.25, -0.2) is 0 Å². The average molecular weight is 783 g/mol. The fourth-order valence-corrected chi connectivity index (χ4v) is 24.6. The van der Waals surface area contributed by atoms with Crippen LogP contribution in [0.3, 0.4) is 0 Å². The van der Waals surface area contributed by atoms with E-state index in [1.54, 1.807) is 0 Å². The number of hydrogen-bond donors (Lipinski definition) is 2. The first kappa shape index (κ1) is 56.4. The van der Waals surface area contributed by atoms with Crippen LogP contribution < -0.4 is 0 Å². The number of aliphatic hydroxyl groups is 2. The molecule has 0 heterocycles. The van der Waals surface area contributed by atoms with Crippen molar-refractivity contribution < 1.29 is 64.6 Å². The number of rotatable bonds is 4. The summed E-state index contributed by atoms with van der Waals surface area (Å²) in [6.07, 6.45) is 4.87. The standard InChI is InChI=1S/2C19H38OSi.2CH3.2H2O.2Ti/c2*1-11-9-12(2)18(20)17(10-11)21(7,8)19-15(5)13(3)14(4)16(19)6;;;;;;/h2*11-20H,9-10H2,1-8H3;2*1H3;2*1H2;;/q;;2*-1;;;;. The van der Waals surface area contributed by atoms with Crippen LogP contribution in [0.2, 0.25) is 48.4 Å². The van der Waals surface area contributed by atoms with Gasteiger partial charge >= 0.3 is 0 Å². The normalized spacial score (nSPS) is 45.6. The predicted octanol–water partition coefficient (Wildman–Crippen LogP) is 10.1. The third kappa shape index (κ3) is 10.9. The second-order valence-electron chi connectivity index (χ2n) is 18.9. The Morgan fingerprint density at radius 3 is 0.812 bits per heavy atom. The van der Waals surface area contributed by atoms with Crippen molar-refractivity contribution in [2.24, 2.45) is 71.0 Å². The van der Waals surface area contributed by atoms with E-state index >= 15 is 0 Å². The van der Waals surface area contributed by atoms with E-state index in [9.17, 15) is 10.2 Å². The van der Waals surface area contributed by atoms with Gasteiger partial charge in [0.15, 0.2) is 0 Å². The molecule has 0 spiro atoms. The minimum atomic E-state index is -1.48. The summed E-state index contributed by atoms with van der Waals surface area (Å²) in [6.45, 7) is 39.5. The molecule has 4 aliphatic rings. The maximum absolute atomic E-state index is 10.9. The fraction of sp³-hybridized carbons (Fsp3) is 0.950. The molecule has 4 aliphatic carbocycles. The zero-order chi connectivity index (χ0) is 32.2. The van der Waals surface area contributed by atoms with Gasteiger partial charge in [-0.1, -0.05) is 109 Å². The Morgan fingerprint density at radius 1 is 0.396 bits per heavy atom. The first-order chi connectivity index (χ1) is 19.2. The van der Waals surface area contributed by atoms with Gasteiger partial charge in [0, 0.05) is 43.4 Å². The second kappa shape index (κ2) is 21.6. The number of hydrogen-bond acceptors (Lipinski definition) is 2. The van der Waals surface area contributed by atoms with Crippen LogP contribution in [0.25, 0.3) is 0 Å². The average Bonchev–Trinajstić information content (AvgIpc) is 3.21. The van der Waals surface area contributed by atoms with E-state index in [0.717, 1.165) is 70.3 Å². The molecule has 4 saturated carbocycles. The largest absolute Gasteiger partial charge is 0.412 e. The molecule has 0 radical (unpaired) electrons. The van der Waals surface area contributed by atoms with Gasteiger partial charge in [0.05, 0.1) is 28.4 Å². The third-order valence-corrected chi connectivity index (χ3v) is 26.2. The predicted molar refractivity (Wildman–Crippen MR) is 210 cm³/mol. The molecule has 48 heavy (non-hydrogen) atoms. The van der Waals surface area contributed by atoms with E-state index in [1.165, 1.54) is 25.7 Å². The molecule has 6 N–H and O–H groups in total. The molecule has 8 heteroatoms. The maximum Gasteiger partial charge on any atom is 0.0570 e. The maximum atomic E-state index is 10.9. The first-order valence-corrected chi connectivity index (χ1v) is 24.8. The molecule has 4 nitrogen and oxygen atoms in total. The fourth-order valence-electron chi connectivity index (χ4n) is 12.6. The third-order valence-electron chi connectivity index (χ3n) is 15.7. The molecule has 0 amide bonds. The summed E-state index contributed by atoms with van der Waals surface area (Å²) in [4.78, 5) is 0. The molecule has 0 aromatic rings. The Hall–Kier alpha value is 1.70. The van der Waals surface area contributed by atoms with E-state index in [-0.39, 0.29) is 81.4 Å². The molecule has 4 rings (SSSR count). The SMILES string of the molecule is CC1CC(C)C(O)C([Si](C)(C)C2C(C)C(C)C(C)C2C)C1.CC1CC(C)C(O)C([Si](C)(C)C2C(C)C(C)C(C)C2C)C1.O.O.[CH3-].[CH3-].[Ti].[Ti]. The minimum absolute atomic E-state index is 0. The molecule has 16 unspecified atom stereocenters. The molecule has 288 valence electrons. The van der Waals surface area contributed by atoms with Crippen LogP contribution >= 0.6 is 0 Å². The Bertz CT molecular complexity index is 795. The van der Waals surface area contributed by atoms with Crippen molar-refractivity contribution in [2.75, 3.05) is 0 Å². The Morgan fingerprint density at radius 2 is 0.604 bits per heavy atom. The quantitative estimate of drug-likeness (QED) is 0.219. The molecule has 0 aromatic carbocycles. The van der Waals surface area contributed by atoms with Gasteiger partial charge < -0.3 is 36.0 Å². The van der Waals surface area contributed by atoms with Gasteiger partial charge in [-0.3, -0.25) is 0 Å². The van der Waals surface area contributed by atoms with Crippen LogP contribution in [0.4, 0.5) is 0 Å². The van der Waals surface area contributed by atoms with Gasteiger partial charge in [-0.05, 0) is 119 Å². The summed E-state index contributed by atoms with van der Waals surface area (Å²) in [5.41, 5.74) is 2.95. The molecule has 4 fully saturated rings. The van der Waals surface area contributed by atoms with Gasteiger partial charge in [0.2, 0.25) is 0 Å².